The number of nitrogens with one attached hydrogen (secondary N) is 2. The van der Waals surface area contributed by atoms with E-state index in [1.54, 1.807) is 54.6 Å². The van der Waals surface area contributed by atoms with Crippen molar-refractivity contribution in [2.45, 2.75) is 6.92 Å². The van der Waals surface area contributed by atoms with Gasteiger partial charge >= 0.3 is 0 Å². The van der Waals surface area contributed by atoms with E-state index >= 15 is 0 Å². The van der Waals surface area contributed by atoms with Gasteiger partial charge in [-0.15, -0.1) is 0 Å². The minimum absolute atomic E-state index is 0.0633. The Hall–Kier alpha value is -4.19. The van der Waals surface area contributed by atoms with Gasteiger partial charge in [0.2, 0.25) is 0 Å². The number of anilines is 1. The molecule has 31 heavy (non-hydrogen) atoms. The van der Waals surface area contributed by atoms with Gasteiger partial charge in [-0.25, -0.2) is 0 Å². The van der Waals surface area contributed by atoms with Gasteiger partial charge in [-0.05, 0) is 55.0 Å². The van der Waals surface area contributed by atoms with Crippen molar-refractivity contribution in [1.29, 1.82) is 0 Å². The smallest absolute Gasteiger partial charge is 0.272 e. The van der Waals surface area contributed by atoms with Crippen LogP contribution in [0.4, 0.5) is 5.69 Å². The zero-order valence-electron chi connectivity index (χ0n) is 17.2. The molecule has 0 spiro atoms. The van der Waals surface area contributed by atoms with Crippen LogP contribution < -0.4 is 15.4 Å². The predicted octanol–water partition coefficient (Wildman–Crippen LogP) is 4.31. The monoisotopic (exact) mass is 414 g/mol. The molecule has 0 aliphatic heterocycles. The van der Waals surface area contributed by atoms with Crippen LogP contribution in [0.2, 0.25) is 0 Å². The third kappa shape index (κ3) is 5.67. The van der Waals surface area contributed by atoms with Gasteiger partial charge in [0.05, 0.1) is 12.7 Å². The van der Waals surface area contributed by atoms with Crippen LogP contribution in [0.3, 0.4) is 0 Å². The maximum absolute atomic E-state index is 13.0. The first-order valence-electron chi connectivity index (χ1n) is 9.61. The maximum Gasteiger partial charge on any atom is 0.272 e. The van der Waals surface area contributed by atoms with E-state index in [-0.39, 0.29) is 11.5 Å². The summed E-state index contributed by atoms with van der Waals surface area (Å²) < 4.78 is 5.24. The van der Waals surface area contributed by atoms with Gasteiger partial charge in [0.1, 0.15) is 11.4 Å². The lowest BCUT2D eigenvalue weighted by atomic mass is 10.1. The number of para-hydroxylation sites is 1. The Kier molecular flexibility index (Phi) is 6.96. The van der Waals surface area contributed by atoms with E-state index in [0.717, 1.165) is 5.56 Å². The number of methoxy groups -OCH3 is 1. The first-order chi connectivity index (χ1) is 15.0. The summed E-state index contributed by atoms with van der Waals surface area (Å²) >= 11 is 0. The van der Waals surface area contributed by atoms with Crippen molar-refractivity contribution < 1.29 is 19.1 Å². The van der Waals surface area contributed by atoms with E-state index in [0.29, 0.717) is 22.6 Å². The lowest BCUT2D eigenvalue weighted by molar-refractivity contribution is -0.113. The van der Waals surface area contributed by atoms with E-state index in [9.17, 15) is 14.4 Å². The van der Waals surface area contributed by atoms with Crippen molar-refractivity contribution in [3.05, 3.63) is 101 Å². The topological polar surface area (TPSA) is 84.5 Å². The van der Waals surface area contributed by atoms with Crippen molar-refractivity contribution in [3.63, 3.8) is 0 Å². The molecule has 2 N–H and O–H groups in total. The third-order valence-electron chi connectivity index (χ3n) is 4.50. The van der Waals surface area contributed by atoms with Crippen LogP contribution in [0.5, 0.6) is 5.75 Å². The first-order valence-corrected chi connectivity index (χ1v) is 9.61. The molecule has 156 valence electrons. The SMILES string of the molecule is COc1ccccc1C(=O)N/C(=C\c1ccccc1)C(=O)Nc1ccc(C(C)=O)cc1. The van der Waals surface area contributed by atoms with Crippen molar-refractivity contribution in [2.75, 3.05) is 12.4 Å². The van der Waals surface area contributed by atoms with Crippen LogP contribution in [-0.2, 0) is 4.79 Å². The van der Waals surface area contributed by atoms with Gasteiger partial charge < -0.3 is 15.4 Å². The Bertz CT molecular complexity index is 1120. The molecule has 6 heteroatoms. The van der Waals surface area contributed by atoms with E-state index in [2.05, 4.69) is 10.6 Å². The number of hydrogen-bond donors (Lipinski definition) is 2. The summed E-state index contributed by atoms with van der Waals surface area (Å²) in [4.78, 5) is 37.3. The summed E-state index contributed by atoms with van der Waals surface area (Å²) in [6.07, 6.45) is 1.59. The normalized spacial score (nSPS) is 10.8. The van der Waals surface area contributed by atoms with E-state index in [1.165, 1.54) is 14.0 Å². The molecular weight excluding hydrogens is 392 g/mol. The number of ether oxygens (including phenoxy) is 1. The predicted molar refractivity (Wildman–Crippen MR) is 120 cm³/mol. The molecule has 0 aromatic heterocycles. The summed E-state index contributed by atoms with van der Waals surface area (Å²) in [5.41, 5.74) is 2.17. The van der Waals surface area contributed by atoms with Crippen molar-refractivity contribution in [3.8, 4) is 5.75 Å². The van der Waals surface area contributed by atoms with Gasteiger partial charge in [0, 0.05) is 11.3 Å². The highest BCUT2D eigenvalue weighted by atomic mass is 16.5. The number of carbonyl (C=O) groups is 3. The minimum atomic E-state index is -0.498. The second-order valence-corrected chi connectivity index (χ2v) is 6.71. The molecule has 3 aromatic carbocycles. The van der Waals surface area contributed by atoms with Crippen LogP contribution in [0, 0.1) is 0 Å². The van der Waals surface area contributed by atoms with Gasteiger partial charge in [-0.3, -0.25) is 14.4 Å². The Labute approximate surface area is 180 Å². The summed E-state index contributed by atoms with van der Waals surface area (Å²) in [6.45, 7) is 1.47. The van der Waals surface area contributed by atoms with Crippen LogP contribution in [0.15, 0.2) is 84.6 Å². The quantitative estimate of drug-likeness (QED) is 0.446. The Morgan fingerprint density at radius 1 is 0.839 bits per heavy atom. The zero-order chi connectivity index (χ0) is 22.2. The van der Waals surface area contributed by atoms with E-state index in [1.807, 2.05) is 30.3 Å². The fraction of sp³-hybridized carbons (Fsp3) is 0.0800. The van der Waals surface area contributed by atoms with Gasteiger partial charge in [-0.1, -0.05) is 42.5 Å². The average Bonchev–Trinajstić information content (AvgIpc) is 2.79. The van der Waals surface area contributed by atoms with Crippen molar-refractivity contribution >= 4 is 29.4 Å². The van der Waals surface area contributed by atoms with Crippen molar-refractivity contribution in [2.24, 2.45) is 0 Å². The number of benzene rings is 3. The first kappa shape index (κ1) is 21.5. The molecule has 0 saturated carbocycles. The Morgan fingerprint density at radius 3 is 2.13 bits per heavy atom. The van der Waals surface area contributed by atoms with Crippen molar-refractivity contribution in [1.82, 2.24) is 5.32 Å². The summed E-state index contributed by atoms with van der Waals surface area (Å²) in [5, 5.41) is 5.43. The molecule has 6 nitrogen and oxygen atoms in total. The molecule has 0 saturated heterocycles. The number of hydrogen-bond acceptors (Lipinski definition) is 4. The fourth-order valence-corrected chi connectivity index (χ4v) is 2.88. The van der Waals surface area contributed by atoms with Crippen LogP contribution in [0.25, 0.3) is 6.08 Å². The fourth-order valence-electron chi connectivity index (χ4n) is 2.88. The Morgan fingerprint density at radius 2 is 1.48 bits per heavy atom. The molecule has 0 bridgehead atoms. The molecule has 3 rings (SSSR count). The maximum atomic E-state index is 13.0. The third-order valence-corrected chi connectivity index (χ3v) is 4.50. The lowest BCUT2D eigenvalue weighted by Crippen LogP contribution is -2.31. The highest BCUT2D eigenvalue weighted by Crippen LogP contribution is 2.18. The molecule has 0 aliphatic carbocycles. The number of carbonyl (C=O) groups excluding carboxylic acids is 3. The zero-order valence-corrected chi connectivity index (χ0v) is 17.2. The van der Waals surface area contributed by atoms with E-state index < -0.39 is 11.8 Å². The Balaban J connectivity index is 1.87. The highest BCUT2D eigenvalue weighted by molar-refractivity contribution is 6.11. The molecule has 2 amide bonds. The highest BCUT2D eigenvalue weighted by Gasteiger charge is 2.17. The molecule has 0 radical (unpaired) electrons. The molecule has 3 aromatic rings. The molecule has 0 atom stereocenters. The number of Topliss-reactive ketones (excluding diaryl/α,β-unsaturated/α-hetero) is 1. The molecular formula is C25H22N2O4. The second-order valence-electron chi connectivity index (χ2n) is 6.71. The molecule has 0 heterocycles. The number of ketones is 1. The minimum Gasteiger partial charge on any atom is -0.496 e. The van der Waals surface area contributed by atoms with E-state index in [4.69, 9.17) is 4.74 Å². The molecule has 0 aliphatic rings. The van der Waals surface area contributed by atoms with Gasteiger partial charge in [-0.2, -0.15) is 0 Å². The summed E-state index contributed by atoms with van der Waals surface area (Å²) in [7, 11) is 1.48. The standard InChI is InChI=1S/C25H22N2O4/c1-17(28)19-12-14-20(15-13-19)26-25(30)22(16-18-8-4-3-5-9-18)27-24(29)21-10-6-7-11-23(21)31-2/h3-16H,1-2H3,(H,26,30)(H,27,29)/b22-16-. The van der Waals surface area contributed by atoms with Crippen LogP contribution in [-0.4, -0.2) is 24.7 Å². The lowest BCUT2D eigenvalue weighted by Gasteiger charge is -2.13. The number of rotatable bonds is 7. The van der Waals surface area contributed by atoms with Gasteiger partial charge in [0.15, 0.2) is 5.78 Å². The summed E-state index contributed by atoms with van der Waals surface area (Å²) in [5.74, 6) is -0.629. The molecule has 0 unspecified atom stereocenters. The number of amides is 2. The van der Waals surface area contributed by atoms with Gasteiger partial charge in [0.25, 0.3) is 11.8 Å². The second kappa shape index (κ2) is 10.0. The molecule has 0 fully saturated rings. The average molecular weight is 414 g/mol. The largest absolute Gasteiger partial charge is 0.496 e. The van der Waals surface area contributed by atoms with Crippen LogP contribution >= 0.6 is 0 Å². The summed E-state index contributed by atoms with van der Waals surface area (Å²) in [6, 6.07) is 22.5. The van der Waals surface area contributed by atoms with Crippen LogP contribution in [0.1, 0.15) is 33.2 Å².